The SMILES string of the molecule is COc1cccc(OCc2ccc(Br)[nH]2)c1. The summed E-state index contributed by atoms with van der Waals surface area (Å²) in [7, 11) is 1.64. The Morgan fingerprint density at radius 1 is 1.19 bits per heavy atom. The molecule has 1 heterocycles. The van der Waals surface area contributed by atoms with Crippen molar-refractivity contribution in [3.05, 3.63) is 46.7 Å². The second-order valence-electron chi connectivity index (χ2n) is 3.30. The Morgan fingerprint density at radius 2 is 2.00 bits per heavy atom. The lowest BCUT2D eigenvalue weighted by atomic mass is 10.3. The van der Waals surface area contributed by atoms with E-state index in [-0.39, 0.29) is 0 Å². The molecule has 0 radical (unpaired) electrons. The highest BCUT2D eigenvalue weighted by Crippen LogP contribution is 2.20. The van der Waals surface area contributed by atoms with E-state index < -0.39 is 0 Å². The van der Waals surface area contributed by atoms with Crippen molar-refractivity contribution in [2.45, 2.75) is 6.61 Å². The molecule has 2 rings (SSSR count). The lowest BCUT2D eigenvalue weighted by molar-refractivity contribution is 0.299. The second kappa shape index (κ2) is 5.07. The number of aromatic nitrogens is 1. The quantitative estimate of drug-likeness (QED) is 0.933. The number of nitrogens with one attached hydrogen (secondary N) is 1. The van der Waals surface area contributed by atoms with E-state index in [0.717, 1.165) is 21.8 Å². The molecule has 0 saturated heterocycles. The van der Waals surface area contributed by atoms with E-state index in [9.17, 15) is 0 Å². The van der Waals surface area contributed by atoms with Crippen LogP contribution in [0.25, 0.3) is 0 Å². The molecule has 84 valence electrons. The summed E-state index contributed by atoms with van der Waals surface area (Å²) in [6.07, 6.45) is 0. The number of hydrogen-bond donors (Lipinski definition) is 1. The summed E-state index contributed by atoms with van der Waals surface area (Å²) < 4.78 is 11.7. The van der Waals surface area contributed by atoms with Crippen molar-refractivity contribution in [2.75, 3.05) is 7.11 Å². The number of hydrogen-bond acceptors (Lipinski definition) is 2. The molecule has 0 atom stereocenters. The molecule has 1 aromatic carbocycles. The highest BCUT2D eigenvalue weighted by molar-refractivity contribution is 9.10. The van der Waals surface area contributed by atoms with Crippen molar-refractivity contribution < 1.29 is 9.47 Å². The molecule has 4 heteroatoms. The van der Waals surface area contributed by atoms with Crippen LogP contribution in [0.15, 0.2) is 41.0 Å². The monoisotopic (exact) mass is 281 g/mol. The van der Waals surface area contributed by atoms with Gasteiger partial charge in [-0.25, -0.2) is 0 Å². The number of benzene rings is 1. The van der Waals surface area contributed by atoms with Gasteiger partial charge in [0.1, 0.15) is 18.1 Å². The van der Waals surface area contributed by atoms with Crippen LogP contribution in [0.1, 0.15) is 5.69 Å². The van der Waals surface area contributed by atoms with Gasteiger partial charge in [0.15, 0.2) is 0 Å². The minimum Gasteiger partial charge on any atom is -0.497 e. The maximum absolute atomic E-state index is 5.62. The van der Waals surface area contributed by atoms with Crippen molar-refractivity contribution in [1.82, 2.24) is 4.98 Å². The summed E-state index contributed by atoms with van der Waals surface area (Å²) in [6, 6.07) is 11.5. The first-order valence-electron chi connectivity index (χ1n) is 4.88. The van der Waals surface area contributed by atoms with Crippen LogP contribution in [0.2, 0.25) is 0 Å². The Kier molecular flexibility index (Phi) is 3.51. The fourth-order valence-electron chi connectivity index (χ4n) is 1.35. The third-order valence-electron chi connectivity index (χ3n) is 2.15. The van der Waals surface area contributed by atoms with E-state index in [1.165, 1.54) is 0 Å². The van der Waals surface area contributed by atoms with Crippen molar-refractivity contribution in [3.8, 4) is 11.5 Å². The van der Waals surface area contributed by atoms with Crippen molar-refractivity contribution in [2.24, 2.45) is 0 Å². The number of rotatable bonds is 4. The molecule has 0 aliphatic rings. The minimum absolute atomic E-state index is 0.513. The predicted octanol–water partition coefficient (Wildman–Crippen LogP) is 3.36. The molecular weight excluding hydrogens is 270 g/mol. The number of H-pyrrole nitrogens is 1. The molecule has 0 aliphatic heterocycles. The highest BCUT2D eigenvalue weighted by Gasteiger charge is 1.99. The fraction of sp³-hybridized carbons (Fsp3) is 0.167. The van der Waals surface area contributed by atoms with Gasteiger partial charge in [-0.3, -0.25) is 0 Å². The lowest BCUT2D eigenvalue weighted by Crippen LogP contribution is -1.95. The number of halogens is 1. The molecule has 3 nitrogen and oxygen atoms in total. The van der Waals surface area contributed by atoms with E-state index in [1.807, 2.05) is 36.4 Å². The van der Waals surface area contributed by atoms with Crippen molar-refractivity contribution >= 4 is 15.9 Å². The zero-order valence-corrected chi connectivity index (χ0v) is 10.5. The largest absolute Gasteiger partial charge is 0.497 e. The first-order valence-corrected chi connectivity index (χ1v) is 5.67. The maximum atomic E-state index is 5.62. The van der Waals surface area contributed by atoms with Crippen LogP contribution in [0, 0.1) is 0 Å². The molecule has 16 heavy (non-hydrogen) atoms. The summed E-state index contributed by atoms with van der Waals surface area (Å²) in [5, 5.41) is 0. The van der Waals surface area contributed by atoms with Gasteiger partial charge in [0.2, 0.25) is 0 Å². The van der Waals surface area contributed by atoms with Crippen LogP contribution in [-0.2, 0) is 6.61 Å². The van der Waals surface area contributed by atoms with Crippen LogP contribution < -0.4 is 9.47 Å². The van der Waals surface area contributed by atoms with Gasteiger partial charge < -0.3 is 14.5 Å². The van der Waals surface area contributed by atoms with Crippen LogP contribution in [0.3, 0.4) is 0 Å². The Bertz CT molecular complexity index is 468. The third kappa shape index (κ3) is 2.79. The predicted molar refractivity (Wildman–Crippen MR) is 65.8 cm³/mol. The maximum Gasteiger partial charge on any atom is 0.128 e. The van der Waals surface area contributed by atoms with Crippen molar-refractivity contribution in [1.29, 1.82) is 0 Å². The molecular formula is C12H12BrNO2. The Balaban J connectivity index is 1.99. The van der Waals surface area contributed by atoms with E-state index in [1.54, 1.807) is 7.11 Å². The number of ether oxygens (including phenoxy) is 2. The second-order valence-corrected chi connectivity index (χ2v) is 4.15. The van der Waals surface area contributed by atoms with E-state index in [4.69, 9.17) is 9.47 Å². The molecule has 1 aromatic heterocycles. The summed E-state index contributed by atoms with van der Waals surface area (Å²) in [4.78, 5) is 3.14. The molecule has 0 fully saturated rings. The molecule has 0 aliphatic carbocycles. The average molecular weight is 282 g/mol. The standard InChI is InChI=1S/C12H12BrNO2/c1-15-10-3-2-4-11(7-10)16-8-9-5-6-12(13)14-9/h2-7,14H,8H2,1H3. The molecule has 0 unspecified atom stereocenters. The fourth-order valence-corrected chi connectivity index (χ4v) is 1.73. The third-order valence-corrected chi connectivity index (χ3v) is 2.61. The van der Waals surface area contributed by atoms with Gasteiger partial charge >= 0.3 is 0 Å². The lowest BCUT2D eigenvalue weighted by Gasteiger charge is -2.06. The van der Waals surface area contributed by atoms with Crippen LogP contribution in [-0.4, -0.2) is 12.1 Å². The summed E-state index contributed by atoms with van der Waals surface area (Å²) in [5.74, 6) is 1.59. The first kappa shape index (κ1) is 11.1. The Labute approximate surface area is 103 Å². The summed E-state index contributed by atoms with van der Waals surface area (Å²) in [6.45, 7) is 0.513. The number of aromatic amines is 1. The van der Waals surface area contributed by atoms with Gasteiger partial charge in [0.05, 0.1) is 17.4 Å². The normalized spacial score (nSPS) is 10.1. The van der Waals surface area contributed by atoms with Gasteiger partial charge in [0.25, 0.3) is 0 Å². The molecule has 0 saturated carbocycles. The Morgan fingerprint density at radius 3 is 2.69 bits per heavy atom. The van der Waals surface area contributed by atoms with Crippen LogP contribution >= 0.6 is 15.9 Å². The van der Waals surface area contributed by atoms with E-state index in [2.05, 4.69) is 20.9 Å². The molecule has 0 amide bonds. The molecule has 1 N–H and O–H groups in total. The molecule has 2 aromatic rings. The minimum atomic E-state index is 0.513. The van der Waals surface area contributed by atoms with Gasteiger partial charge in [-0.1, -0.05) is 6.07 Å². The zero-order chi connectivity index (χ0) is 11.4. The van der Waals surface area contributed by atoms with E-state index in [0.29, 0.717) is 6.61 Å². The summed E-state index contributed by atoms with van der Waals surface area (Å²) in [5.41, 5.74) is 1.02. The van der Waals surface area contributed by atoms with Gasteiger partial charge in [-0.05, 0) is 40.2 Å². The van der Waals surface area contributed by atoms with Gasteiger partial charge in [-0.2, -0.15) is 0 Å². The van der Waals surface area contributed by atoms with Crippen LogP contribution in [0.4, 0.5) is 0 Å². The number of methoxy groups -OCH3 is 1. The topological polar surface area (TPSA) is 34.2 Å². The first-order chi connectivity index (χ1) is 7.78. The van der Waals surface area contributed by atoms with Crippen LogP contribution in [0.5, 0.6) is 11.5 Å². The average Bonchev–Trinajstić information content (AvgIpc) is 2.73. The molecule has 0 bridgehead atoms. The smallest absolute Gasteiger partial charge is 0.128 e. The zero-order valence-electron chi connectivity index (χ0n) is 8.87. The highest BCUT2D eigenvalue weighted by atomic mass is 79.9. The van der Waals surface area contributed by atoms with E-state index >= 15 is 0 Å². The van der Waals surface area contributed by atoms with Gasteiger partial charge in [-0.15, -0.1) is 0 Å². The molecule has 0 spiro atoms. The Hall–Kier alpha value is -1.42. The summed E-state index contributed by atoms with van der Waals surface area (Å²) >= 11 is 3.35. The van der Waals surface area contributed by atoms with Gasteiger partial charge in [0, 0.05) is 6.07 Å². The van der Waals surface area contributed by atoms with Crippen molar-refractivity contribution in [3.63, 3.8) is 0 Å².